The standard InChI is InChI=1S/C30H48N2O22/c1-7-12(31-8(2)35)20(14(37)10(5-33)48-7)50-30-19(42)17(40)23(25(54-30)27(45)46)52-28-13(32-9(3)36)21(15(38)11(6-34)49-28)51-29-18(41)16(39)22(47-4)24(53-29)26(43)44/h7,10-25,28-30,33-34,37-42H,5-6H2,1-4H3,(H,31,35)(H,32,36)(H,43,44)(H,45,46)/t7-,10?,11?,12+,13-,14+,15+,16?,17?,18-,19-,20?,21?,22-,23-,24?,25?,28-,29+,30+/m0/s1. The molecule has 4 aliphatic rings. The van der Waals surface area contributed by atoms with Gasteiger partial charge in [-0.1, -0.05) is 0 Å². The number of carbonyl (C=O) groups excluding carboxylic acids is 2. The van der Waals surface area contributed by atoms with Crippen molar-refractivity contribution in [3.63, 3.8) is 0 Å². The fourth-order valence-corrected chi connectivity index (χ4v) is 6.79. The second-order valence-corrected chi connectivity index (χ2v) is 13.2. The highest BCUT2D eigenvalue weighted by atomic mass is 16.8. The number of carboxylic acid groups (broad SMARTS) is 2. The van der Waals surface area contributed by atoms with Crippen molar-refractivity contribution in [3.8, 4) is 0 Å². The van der Waals surface area contributed by atoms with Crippen molar-refractivity contribution in [1.29, 1.82) is 0 Å². The van der Waals surface area contributed by atoms with E-state index >= 15 is 0 Å². The van der Waals surface area contributed by atoms with Gasteiger partial charge in [0.05, 0.1) is 25.4 Å². The zero-order chi connectivity index (χ0) is 40.3. The number of ether oxygens (including phenoxy) is 8. The number of hydrogen-bond acceptors (Lipinski definition) is 20. The van der Waals surface area contributed by atoms with E-state index in [-0.39, 0.29) is 0 Å². The van der Waals surface area contributed by atoms with E-state index in [0.29, 0.717) is 0 Å². The summed E-state index contributed by atoms with van der Waals surface area (Å²) in [6, 6.07) is -2.87. The molecule has 12 N–H and O–H groups in total. The van der Waals surface area contributed by atoms with Gasteiger partial charge in [0.25, 0.3) is 0 Å². The van der Waals surface area contributed by atoms with E-state index in [1.165, 1.54) is 6.92 Å². The Morgan fingerprint density at radius 2 is 0.963 bits per heavy atom. The first kappa shape index (κ1) is 44.0. The number of carboxylic acids is 2. The van der Waals surface area contributed by atoms with Crippen molar-refractivity contribution in [2.75, 3.05) is 20.3 Å². The van der Waals surface area contributed by atoms with Crippen LogP contribution in [0.1, 0.15) is 20.8 Å². The Labute approximate surface area is 306 Å². The van der Waals surface area contributed by atoms with Gasteiger partial charge in [0.2, 0.25) is 11.8 Å². The lowest BCUT2D eigenvalue weighted by molar-refractivity contribution is -0.366. The number of aliphatic hydroxyl groups is 8. The van der Waals surface area contributed by atoms with Gasteiger partial charge in [0.15, 0.2) is 31.1 Å². The molecule has 20 atom stereocenters. The molecule has 24 nitrogen and oxygen atoms in total. The molecule has 0 aromatic rings. The fraction of sp³-hybridized carbons (Fsp3) is 0.867. The van der Waals surface area contributed by atoms with Crippen LogP contribution in [-0.2, 0) is 57.1 Å². The molecule has 54 heavy (non-hydrogen) atoms. The van der Waals surface area contributed by atoms with Crippen LogP contribution < -0.4 is 10.6 Å². The Bertz CT molecular complexity index is 1310. The Morgan fingerprint density at radius 1 is 0.556 bits per heavy atom. The van der Waals surface area contributed by atoms with Gasteiger partial charge in [0.1, 0.15) is 79.3 Å². The Morgan fingerprint density at radius 3 is 1.41 bits per heavy atom. The Balaban J connectivity index is 1.62. The van der Waals surface area contributed by atoms with Crippen LogP contribution in [0, 0.1) is 0 Å². The molecule has 0 bridgehead atoms. The van der Waals surface area contributed by atoms with E-state index < -0.39 is 159 Å². The maximum Gasteiger partial charge on any atom is 0.335 e. The zero-order valence-corrected chi connectivity index (χ0v) is 29.3. The first-order valence-electron chi connectivity index (χ1n) is 16.8. The van der Waals surface area contributed by atoms with Crippen molar-refractivity contribution < 1.29 is 108 Å². The fourth-order valence-electron chi connectivity index (χ4n) is 6.79. The summed E-state index contributed by atoms with van der Waals surface area (Å²) in [4.78, 5) is 48.7. The molecule has 4 aliphatic heterocycles. The number of rotatable bonds is 13. The van der Waals surface area contributed by atoms with E-state index in [0.717, 1.165) is 21.0 Å². The highest BCUT2D eigenvalue weighted by molar-refractivity contribution is 5.74. The Hall–Kier alpha value is -2.76. The number of hydrogen-bond donors (Lipinski definition) is 12. The predicted molar refractivity (Wildman–Crippen MR) is 166 cm³/mol. The van der Waals surface area contributed by atoms with Crippen molar-refractivity contribution in [2.45, 2.75) is 143 Å². The molecule has 0 radical (unpaired) electrons. The topological polar surface area (TPSA) is 368 Å². The summed E-state index contributed by atoms with van der Waals surface area (Å²) >= 11 is 0. The quantitative estimate of drug-likeness (QED) is 0.0824. The molecule has 4 rings (SSSR count). The minimum Gasteiger partial charge on any atom is -0.479 e. The van der Waals surface area contributed by atoms with Gasteiger partial charge in [-0.2, -0.15) is 0 Å². The van der Waals surface area contributed by atoms with Crippen molar-refractivity contribution >= 4 is 23.8 Å². The molecule has 4 saturated heterocycles. The molecule has 0 aliphatic carbocycles. The maximum atomic E-state index is 12.5. The van der Waals surface area contributed by atoms with Crippen LogP contribution in [0.15, 0.2) is 0 Å². The summed E-state index contributed by atoms with van der Waals surface area (Å²) in [6.45, 7) is 1.96. The molecule has 4 fully saturated rings. The third-order valence-corrected chi connectivity index (χ3v) is 9.46. The van der Waals surface area contributed by atoms with Gasteiger partial charge < -0.3 is 99.6 Å². The monoisotopic (exact) mass is 788 g/mol. The number of nitrogens with one attached hydrogen (secondary N) is 2. The van der Waals surface area contributed by atoms with E-state index in [1.807, 2.05) is 0 Å². The van der Waals surface area contributed by atoms with Gasteiger partial charge >= 0.3 is 11.9 Å². The normalized spacial score (nSPS) is 45.6. The molecule has 0 spiro atoms. The number of carbonyl (C=O) groups is 4. The molecule has 4 heterocycles. The Kier molecular flexibility index (Phi) is 15.0. The van der Waals surface area contributed by atoms with Gasteiger partial charge in [0, 0.05) is 21.0 Å². The highest BCUT2D eigenvalue weighted by Gasteiger charge is 2.57. The number of amides is 2. The van der Waals surface area contributed by atoms with Gasteiger partial charge in [-0.25, -0.2) is 9.59 Å². The van der Waals surface area contributed by atoms with Crippen molar-refractivity contribution in [3.05, 3.63) is 0 Å². The summed E-state index contributed by atoms with van der Waals surface area (Å²) in [5.41, 5.74) is 0. The van der Waals surface area contributed by atoms with Gasteiger partial charge in [-0.3, -0.25) is 9.59 Å². The lowest BCUT2D eigenvalue weighted by Crippen LogP contribution is -2.70. The third kappa shape index (κ3) is 9.26. The predicted octanol–water partition coefficient (Wildman–Crippen LogP) is -7.55. The van der Waals surface area contributed by atoms with Crippen LogP contribution in [0.2, 0.25) is 0 Å². The second kappa shape index (κ2) is 18.5. The van der Waals surface area contributed by atoms with Gasteiger partial charge in [-0.15, -0.1) is 0 Å². The van der Waals surface area contributed by atoms with Crippen LogP contribution in [0.3, 0.4) is 0 Å². The minimum absolute atomic E-state index is 0.586. The smallest absolute Gasteiger partial charge is 0.335 e. The average molecular weight is 789 g/mol. The second-order valence-electron chi connectivity index (χ2n) is 13.2. The highest BCUT2D eigenvalue weighted by Crippen LogP contribution is 2.35. The SMILES string of the molecule is CO[C@@H]1C(C(=O)O)O[C@@H](OC2[C@H](O)C(CO)O[C@@H](O[C@@H]3C(C(=O)O)O[C@@H](OC4[C@H](O)C(CO)O[C@@H](C)[C@H]4NC(C)=O)[C@@H](O)C3O)[C@H]2NC(C)=O)[C@@H](O)C1O. The van der Waals surface area contributed by atoms with E-state index in [4.69, 9.17) is 37.9 Å². The van der Waals surface area contributed by atoms with Crippen molar-refractivity contribution in [2.24, 2.45) is 0 Å². The largest absolute Gasteiger partial charge is 0.479 e. The van der Waals surface area contributed by atoms with Crippen LogP contribution in [-0.4, -0.2) is 218 Å². The van der Waals surface area contributed by atoms with Crippen LogP contribution in [0.25, 0.3) is 0 Å². The van der Waals surface area contributed by atoms with Crippen molar-refractivity contribution in [1.82, 2.24) is 10.6 Å². The van der Waals surface area contributed by atoms with Crippen LogP contribution in [0.5, 0.6) is 0 Å². The van der Waals surface area contributed by atoms with Crippen LogP contribution >= 0.6 is 0 Å². The van der Waals surface area contributed by atoms with E-state index in [9.17, 15) is 70.2 Å². The lowest BCUT2D eigenvalue weighted by atomic mass is 9.92. The van der Waals surface area contributed by atoms with E-state index in [1.54, 1.807) is 0 Å². The first-order valence-corrected chi connectivity index (χ1v) is 16.8. The van der Waals surface area contributed by atoms with Gasteiger partial charge in [-0.05, 0) is 6.92 Å². The summed E-state index contributed by atoms with van der Waals surface area (Å²) in [5, 5.41) is 110. The average Bonchev–Trinajstić information content (AvgIpc) is 3.10. The first-order chi connectivity index (χ1) is 25.4. The maximum absolute atomic E-state index is 12.5. The lowest BCUT2D eigenvalue weighted by Gasteiger charge is -2.50. The molecular weight excluding hydrogens is 740 g/mol. The molecule has 0 saturated carbocycles. The number of aliphatic carboxylic acids is 2. The third-order valence-electron chi connectivity index (χ3n) is 9.46. The molecule has 0 aromatic heterocycles. The molecule has 310 valence electrons. The minimum atomic E-state index is -2.23. The molecule has 8 unspecified atom stereocenters. The summed E-state index contributed by atoms with van der Waals surface area (Å²) in [7, 11) is 1.05. The van der Waals surface area contributed by atoms with Crippen LogP contribution in [0.4, 0.5) is 0 Å². The zero-order valence-electron chi connectivity index (χ0n) is 29.3. The molecular formula is C30H48N2O22. The number of methoxy groups -OCH3 is 1. The summed E-state index contributed by atoms with van der Waals surface area (Å²) in [6.07, 6.45) is -32.9. The molecule has 0 aromatic carbocycles. The summed E-state index contributed by atoms with van der Waals surface area (Å²) in [5.74, 6) is -4.85. The number of aliphatic hydroxyl groups excluding tert-OH is 8. The molecule has 24 heteroatoms. The van der Waals surface area contributed by atoms with E-state index in [2.05, 4.69) is 10.6 Å². The molecule has 2 amide bonds. The summed E-state index contributed by atoms with van der Waals surface area (Å²) < 4.78 is 44.2.